The number of cyclic esters (lactones) is 1. The first-order valence-electron chi connectivity index (χ1n) is 14.3. The number of carbonyl (C=O) groups excluding carboxylic acids is 2. The Morgan fingerprint density at radius 1 is 1.15 bits per heavy atom. The number of ether oxygens (including phenoxy) is 2. The number of carbonyl (C=O) groups is 2. The van der Waals surface area contributed by atoms with E-state index in [4.69, 9.17) is 32.7 Å². The summed E-state index contributed by atoms with van der Waals surface area (Å²) in [4.78, 5) is 27.4. The minimum atomic E-state index is -0.870. The van der Waals surface area contributed by atoms with Gasteiger partial charge in [-0.15, -0.1) is 23.2 Å². The van der Waals surface area contributed by atoms with Crippen LogP contribution in [0.1, 0.15) is 71.3 Å². The SMILES string of the molecule is C=C1CC[C@H]2C(C)(C)CCC[C@]2(C)[C@H]1C/C=C1\CC(OC(=O)Cc2ccc(N(CCCl)CCCl)cc2)OC1=O. The Morgan fingerprint density at radius 2 is 1.85 bits per heavy atom. The first kappa shape index (κ1) is 30.0. The normalized spacial score (nSPS) is 29.2. The number of hydrogen-bond donors (Lipinski definition) is 0. The van der Waals surface area contributed by atoms with E-state index in [1.165, 1.54) is 31.3 Å². The van der Waals surface area contributed by atoms with Crippen LogP contribution >= 0.6 is 23.2 Å². The highest BCUT2D eigenvalue weighted by atomic mass is 35.5. The van der Waals surface area contributed by atoms with Gasteiger partial charge in [0.25, 0.3) is 6.29 Å². The van der Waals surface area contributed by atoms with E-state index in [-0.39, 0.29) is 17.8 Å². The molecule has 0 N–H and O–H groups in total. The Morgan fingerprint density at radius 3 is 2.51 bits per heavy atom. The summed E-state index contributed by atoms with van der Waals surface area (Å²) in [5.74, 6) is 1.23. The maximum absolute atomic E-state index is 12.6. The molecule has 3 fully saturated rings. The van der Waals surface area contributed by atoms with Gasteiger partial charge in [0.2, 0.25) is 0 Å². The van der Waals surface area contributed by atoms with Crippen LogP contribution in [0.2, 0.25) is 0 Å². The molecule has 5 nitrogen and oxygen atoms in total. The number of alkyl halides is 2. The van der Waals surface area contributed by atoms with Crippen molar-refractivity contribution in [2.45, 2.75) is 78.4 Å². The van der Waals surface area contributed by atoms with Crippen molar-refractivity contribution >= 4 is 40.8 Å². The summed E-state index contributed by atoms with van der Waals surface area (Å²) < 4.78 is 10.9. The van der Waals surface area contributed by atoms with Gasteiger partial charge in [-0.2, -0.15) is 0 Å². The molecule has 0 bridgehead atoms. The summed E-state index contributed by atoms with van der Waals surface area (Å²) in [6.07, 6.45) is 8.31. The molecule has 1 aromatic carbocycles. The molecule has 7 heteroatoms. The zero-order valence-corrected chi connectivity index (χ0v) is 25.2. The largest absolute Gasteiger partial charge is 0.425 e. The first-order chi connectivity index (χ1) is 18.6. The molecule has 2 saturated carbocycles. The van der Waals surface area contributed by atoms with Gasteiger partial charge in [0, 0.05) is 36.1 Å². The van der Waals surface area contributed by atoms with Crippen molar-refractivity contribution in [1.29, 1.82) is 0 Å². The predicted octanol–water partition coefficient (Wildman–Crippen LogP) is 7.44. The van der Waals surface area contributed by atoms with E-state index in [1.807, 2.05) is 30.3 Å². The Balaban J connectivity index is 1.33. The zero-order valence-electron chi connectivity index (χ0n) is 23.6. The van der Waals surface area contributed by atoms with E-state index in [0.29, 0.717) is 54.1 Å². The quantitative estimate of drug-likeness (QED) is 0.125. The fourth-order valence-electron chi connectivity index (χ4n) is 7.46. The second-order valence-corrected chi connectivity index (χ2v) is 13.1. The van der Waals surface area contributed by atoms with Crippen molar-refractivity contribution in [3.05, 3.63) is 53.6 Å². The lowest BCUT2D eigenvalue weighted by atomic mass is 9.47. The number of halogens is 2. The van der Waals surface area contributed by atoms with Gasteiger partial charge in [-0.05, 0) is 72.5 Å². The van der Waals surface area contributed by atoms with E-state index in [2.05, 4.69) is 32.3 Å². The van der Waals surface area contributed by atoms with Crippen molar-refractivity contribution in [3.8, 4) is 0 Å². The second kappa shape index (κ2) is 12.7. The molecule has 1 aromatic rings. The molecule has 4 atom stereocenters. The van der Waals surface area contributed by atoms with Crippen LogP contribution in [0, 0.1) is 22.7 Å². The van der Waals surface area contributed by atoms with Crippen LogP contribution in [0.25, 0.3) is 0 Å². The number of allylic oxidation sites excluding steroid dienone is 2. The first-order valence-corrected chi connectivity index (χ1v) is 15.4. The van der Waals surface area contributed by atoms with Gasteiger partial charge in [-0.1, -0.05) is 57.6 Å². The lowest BCUT2D eigenvalue weighted by molar-refractivity contribution is -0.176. The number of rotatable bonds is 10. The molecule has 1 aliphatic heterocycles. The maximum Gasteiger partial charge on any atom is 0.337 e. The molecule has 0 radical (unpaired) electrons. The monoisotopic (exact) mass is 575 g/mol. The molecule has 1 unspecified atom stereocenters. The molecule has 2 aliphatic carbocycles. The van der Waals surface area contributed by atoms with Gasteiger partial charge in [-0.25, -0.2) is 4.79 Å². The molecule has 0 aromatic heterocycles. The van der Waals surface area contributed by atoms with Crippen LogP contribution in [-0.4, -0.2) is 43.1 Å². The third-order valence-electron chi connectivity index (χ3n) is 9.43. The highest BCUT2D eigenvalue weighted by Crippen LogP contribution is 2.61. The topological polar surface area (TPSA) is 55.8 Å². The fraction of sp³-hybridized carbons (Fsp3) is 0.625. The van der Waals surface area contributed by atoms with Crippen LogP contribution in [0.4, 0.5) is 5.69 Å². The number of nitrogens with zero attached hydrogens (tertiary/aromatic N) is 1. The van der Waals surface area contributed by atoms with E-state index >= 15 is 0 Å². The Hall–Kier alpha value is -1.98. The Bertz CT molecular complexity index is 1080. The average molecular weight is 577 g/mol. The molecular weight excluding hydrogens is 533 g/mol. The van der Waals surface area contributed by atoms with Crippen molar-refractivity contribution in [1.82, 2.24) is 0 Å². The molecule has 0 spiro atoms. The molecule has 3 aliphatic rings. The third kappa shape index (κ3) is 6.85. The van der Waals surface area contributed by atoms with Crippen molar-refractivity contribution in [3.63, 3.8) is 0 Å². The number of benzene rings is 1. The summed E-state index contributed by atoms with van der Waals surface area (Å²) in [5.41, 5.74) is 4.27. The van der Waals surface area contributed by atoms with Crippen LogP contribution in [-0.2, 0) is 25.5 Å². The molecule has 1 heterocycles. The lowest BCUT2D eigenvalue weighted by Crippen LogP contribution is -2.49. The van der Waals surface area contributed by atoms with Gasteiger partial charge in [0.05, 0.1) is 12.8 Å². The van der Waals surface area contributed by atoms with Crippen LogP contribution in [0.5, 0.6) is 0 Å². The van der Waals surface area contributed by atoms with Gasteiger partial charge < -0.3 is 14.4 Å². The van der Waals surface area contributed by atoms with Gasteiger partial charge in [0.1, 0.15) is 0 Å². The van der Waals surface area contributed by atoms with Crippen molar-refractivity contribution < 1.29 is 19.1 Å². The molecule has 1 saturated heterocycles. The van der Waals surface area contributed by atoms with E-state index in [0.717, 1.165) is 24.1 Å². The number of anilines is 1. The minimum Gasteiger partial charge on any atom is -0.425 e. The van der Waals surface area contributed by atoms with Crippen LogP contribution in [0.15, 0.2) is 48.1 Å². The molecule has 4 rings (SSSR count). The van der Waals surface area contributed by atoms with E-state index < -0.39 is 12.3 Å². The molecule has 214 valence electrons. The molecule has 0 amide bonds. The fourth-order valence-corrected chi connectivity index (χ4v) is 7.86. The van der Waals surface area contributed by atoms with Gasteiger partial charge in [-0.3, -0.25) is 4.79 Å². The number of hydrogen-bond acceptors (Lipinski definition) is 5. The minimum absolute atomic E-state index is 0.107. The highest BCUT2D eigenvalue weighted by molar-refractivity contribution is 6.18. The third-order valence-corrected chi connectivity index (χ3v) is 9.77. The molecular formula is C32H43Cl2NO4. The van der Waals surface area contributed by atoms with Gasteiger partial charge >= 0.3 is 11.9 Å². The Kier molecular flexibility index (Phi) is 9.75. The van der Waals surface area contributed by atoms with Crippen LogP contribution in [0.3, 0.4) is 0 Å². The highest BCUT2D eigenvalue weighted by Gasteiger charge is 2.52. The Labute approximate surface area is 243 Å². The lowest BCUT2D eigenvalue weighted by Gasteiger charge is -2.58. The smallest absolute Gasteiger partial charge is 0.337 e. The summed E-state index contributed by atoms with van der Waals surface area (Å²) in [7, 11) is 0. The summed E-state index contributed by atoms with van der Waals surface area (Å²) >= 11 is 11.8. The second-order valence-electron chi connectivity index (χ2n) is 12.4. The summed E-state index contributed by atoms with van der Waals surface area (Å²) in [6, 6.07) is 7.70. The predicted molar refractivity (Wildman–Crippen MR) is 158 cm³/mol. The van der Waals surface area contributed by atoms with Crippen molar-refractivity contribution in [2.75, 3.05) is 29.7 Å². The number of esters is 2. The standard InChI is InChI=1S/C32H43Cl2NO4/c1-22-6-13-27-31(2,3)14-5-15-32(27,4)26(22)12-9-24-21-29(39-30(24)37)38-28(36)20-23-7-10-25(11-8-23)35(18-16-33)19-17-34/h7-11,26-27,29H,1,5-6,12-21H2,2-4H3/b24-9+/t26-,27-,29?,32+/m0/s1. The summed E-state index contributed by atoms with van der Waals surface area (Å²) in [6.45, 7) is 13.1. The number of fused-ring (bicyclic) bond motifs is 1. The summed E-state index contributed by atoms with van der Waals surface area (Å²) in [5, 5.41) is 0. The van der Waals surface area contributed by atoms with E-state index in [1.54, 1.807) is 0 Å². The maximum atomic E-state index is 12.6. The van der Waals surface area contributed by atoms with Gasteiger partial charge in [0.15, 0.2) is 0 Å². The average Bonchev–Trinajstić information content (AvgIpc) is 3.21. The molecule has 39 heavy (non-hydrogen) atoms. The van der Waals surface area contributed by atoms with Crippen LogP contribution < -0.4 is 4.90 Å². The zero-order chi connectivity index (χ0) is 28.2. The van der Waals surface area contributed by atoms with Crippen molar-refractivity contribution in [2.24, 2.45) is 22.7 Å². The van der Waals surface area contributed by atoms with E-state index in [9.17, 15) is 9.59 Å².